The third kappa shape index (κ3) is 5.20. The van der Waals surface area contributed by atoms with Crippen molar-refractivity contribution in [2.75, 3.05) is 39.9 Å². The fourth-order valence-electron chi connectivity index (χ4n) is 4.82. The van der Waals surface area contributed by atoms with Gasteiger partial charge in [-0.15, -0.1) is 0 Å². The van der Waals surface area contributed by atoms with E-state index in [-0.39, 0.29) is 11.3 Å². The topological polar surface area (TPSA) is 92.5 Å². The Morgan fingerprint density at radius 2 is 1.84 bits per heavy atom. The molecule has 1 aromatic heterocycles. The summed E-state index contributed by atoms with van der Waals surface area (Å²) >= 11 is 0. The van der Waals surface area contributed by atoms with Gasteiger partial charge in [0, 0.05) is 11.9 Å². The first-order chi connectivity index (χ1) is 17.9. The summed E-state index contributed by atoms with van der Waals surface area (Å²) in [6.07, 6.45) is 0.692. The number of nitrogens with zero attached hydrogens (tertiary/aromatic N) is 2. The summed E-state index contributed by atoms with van der Waals surface area (Å²) in [4.78, 5) is 30.9. The van der Waals surface area contributed by atoms with Gasteiger partial charge in [-0.2, -0.15) is 0 Å². The van der Waals surface area contributed by atoms with E-state index in [9.17, 15) is 14.7 Å². The normalized spacial score (nSPS) is 15.8. The van der Waals surface area contributed by atoms with E-state index in [1.165, 1.54) is 7.11 Å². The number of carbonyl (C=O) groups is 2. The summed E-state index contributed by atoms with van der Waals surface area (Å²) in [6.45, 7) is 9.51. The maximum atomic E-state index is 13.7. The molecule has 0 saturated heterocycles. The standard InChI is InChI=1S/C29H34N2O6/c1-5-30(6-2)15-10-16-31-26(20-13-14-22(36-7-3)23(18-20)35-4)25(28(33)29(31)34)27(32)24-17-19-11-8-9-12-21(19)37-24/h8-9,11-14,17-18,26,33H,5-7,10,15-16H2,1-4H3. The van der Waals surface area contributed by atoms with E-state index >= 15 is 0 Å². The SMILES string of the molecule is CCOc1ccc(C2C(C(=O)c3cc4ccccc4o3)=C(O)C(=O)N2CCCN(CC)CC)cc1OC. The fourth-order valence-corrected chi connectivity index (χ4v) is 4.82. The van der Waals surface area contributed by atoms with Crippen LogP contribution < -0.4 is 9.47 Å². The van der Waals surface area contributed by atoms with Crippen LogP contribution in [-0.2, 0) is 4.79 Å². The lowest BCUT2D eigenvalue weighted by atomic mass is 9.94. The molecule has 8 nitrogen and oxygen atoms in total. The van der Waals surface area contributed by atoms with E-state index in [2.05, 4.69) is 18.7 Å². The number of para-hydroxylation sites is 1. The van der Waals surface area contributed by atoms with E-state index in [0.717, 1.165) is 25.0 Å². The highest BCUT2D eigenvalue weighted by molar-refractivity contribution is 6.16. The number of aliphatic hydroxyl groups is 1. The summed E-state index contributed by atoms with van der Waals surface area (Å²) in [6, 6.07) is 13.5. The van der Waals surface area contributed by atoms with Crippen LogP contribution in [0.4, 0.5) is 0 Å². The number of Topliss-reactive ketones (excluding diaryl/α,β-unsaturated/α-hetero) is 1. The molecule has 1 unspecified atom stereocenters. The van der Waals surface area contributed by atoms with Gasteiger partial charge in [-0.25, -0.2) is 0 Å². The highest BCUT2D eigenvalue weighted by Crippen LogP contribution is 2.42. The van der Waals surface area contributed by atoms with Crippen molar-refractivity contribution >= 4 is 22.7 Å². The number of furan rings is 1. The molecule has 0 fully saturated rings. The summed E-state index contributed by atoms with van der Waals surface area (Å²) in [5.74, 6) is -0.529. The molecule has 1 N–H and O–H groups in total. The first-order valence-electron chi connectivity index (χ1n) is 12.7. The van der Waals surface area contributed by atoms with Crippen molar-refractivity contribution in [3.63, 3.8) is 0 Å². The molecule has 8 heteroatoms. The van der Waals surface area contributed by atoms with Gasteiger partial charge in [-0.3, -0.25) is 9.59 Å². The molecular weight excluding hydrogens is 472 g/mol. The third-order valence-corrected chi connectivity index (χ3v) is 6.77. The Morgan fingerprint density at radius 3 is 2.51 bits per heavy atom. The Bertz CT molecular complexity index is 1270. The maximum absolute atomic E-state index is 13.7. The smallest absolute Gasteiger partial charge is 0.290 e. The minimum absolute atomic E-state index is 0.00175. The number of hydrogen-bond donors (Lipinski definition) is 1. The average Bonchev–Trinajstić information content (AvgIpc) is 3.46. The quantitative estimate of drug-likeness (QED) is 0.340. The Hall–Kier alpha value is -3.78. The Balaban J connectivity index is 1.74. The molecule has 1 amide bonds. The van der Waals surface area contributed by atoms with Crippen LogP contribution in [0.25, 0.3) is 11.0 Å². The summed E-state index contributed by atoms with van der Waals surface area (Å²) in [7, 11) is 1.54. The zero-order chi connectivity index (χ0) is 26.5. The zero-order valence-electron chi connectivity index (χ0n) is 21.8. The second-order valence-corrected chi connectivity index (χ2v) is 8.86. The number of fused-ring (bicyclic) bond motifs is 1. The predicted octanol–water partition coefficient (Wildman–Crippen LogP) is 5.15. The maximum Gasteiger partial charge on any atom is 0.290 e. The predicted molar refractivity (Wildman–Crippen MR) is 141 cm³/mol. The van der Waals surface area contributed by atoms with Gasteiger partial charge in [0.2, 0.25) is 5.78 Å². The average molecular weight is 507 g/mol. The van der Waals surface area contributed by atoms with Crippen molar-refractivity contribution < 1.29 is 28.6 Å². The van der Waals surface area contributed by atoms with Crippen LogP contribution in [0, 0.1) is 0 Å². The second-order valence-electron chi connectivity index (χ2n) is 8.86. The first kappa shape index (κ1) is 26.3. The lowest BCUT2D eigenvalue weighted by Crippen LogP contribution is -2.34. The molecule has 0 aliphatic carbocycles. The van der Waals surface area contributed by atoms with E-state index in [1.807, 2.05) is 25.1 Å². The van der Waals surface area contributed by atoms with Crippen molar-refractivity contribution in [3.05, 3.63) is 71.2 Å². The van der Waals surface area contributed by atoms with Gasteiger partial charge in [0.1, 0.15) is 5.58 Å². The number of aliphatic hydroxyl groups excluding tert-OH is 1. The van der Waals surface area contributed by atoms with Gasteiger partial charge in [-0.05, 0) is 62.8 Å². The first-order valence-corrected chi connectivity index (χ1v) is 12.7. The molecule has 196 valence electrons. The summed E-state index contributed by atoms with van der Waals surface area (Å²) in [5.41, 5.74) is 1.20. The lowest BCUT2D eigenvalue weighted by molar-refractivity contribution is -0.129. The number of hydrogen-bond acceptors (Lipinski definition) is 7. The number of carbonyl (C=O) groups excluding carboxylic acids is 2. The molecule has 0 spiro atoms. The zero-order valence-corrected chi connectivity index (χ0v) is 21.8. The van der Waals surface area contributed by atoms with Crippen molar-refractivity contribution in [3.8, 4) is 11.5 Å². The van der Waals surface area contributed by atoms with Gasteiger partial charge in [-0.1, -0.05) is 38.1 Å². The van der Waals surface area contributed by atoms with Gasteiger partial charge in [0.25, 0.3) is 5.91 Å². The molecule has 0 saturated carbocycles. The van der Waals surface area contributed by atoms with Gasteiger partial charge in [0.05, 0.1) is 25.3 Å². The third-order valence-electron chi connectivity index (χ3n) is 6.77. The minimum atomic E-state index is -0.797. The van der Waals surface area contributed by atoms with Crippen LogP contribution in [0.3, 0.4) is 0 Å². The fraction of sp³-hybridized carbons (Fsp3) is 0.379. The van der Waals surface area contributed by atoms with E-state index < -0.39 is 23.5 Å². The molecule has 2 aromatic carbocycles. The number of methoxy groups -OCH3 is 1. The molecule has 0 bridgehead atoms. The molecule has 2 heterocycles. The molecule has 0 radical (unpaired) electrons. The van der Waals surface area contributed by atoms with Crippen LogP contribution in [-0.4, -0.2) is 66.5 Å². The van der Waals surface area contributed by atoms with Crippen molar-refractivity contribution in [2.24, 2.45) is 0 Å². The Kier molecular flexibility index (Phi) is 8.18. The Labute approximate surface area is 217 Å². The molecule has 4 rings (SSSR count). The van der Waals surface area contributed by atoms with E-state index in [4.69, 9.17) is 13.9 Å². The molecule has 1 atom stereocenters. The molecule has 1 aliphatic rings. The highest BCUT2D eigenvalue weighted by Gasteiger charge is 2.44. The monoisotopic (exact) mass is 506 g/mol. The number of benzene rings is 2. The van der Waals surface area contributed by atoms with Crippen LogP contribution in [0.5, 0.6) is 11.5 Å². The second kappa shape index (κ2) is 11.5. The largest absolute Gasteiger partial charge is 0.503 e. The van der Waals surface area contributed by atoms with Crippen LogP contribution >= 0.6 is 0 Å². The number of ketones is 1. The number of ether oxygens (including phenoxy) is 2. The van der Waals surface area contributed by atoms with E-state index in [0.29, 0.717) is 42.2 Å². The van der Waals surface area contributed by atoms with Crippen molar-refractivity contribution in [2.45, 2.75) is 33.2 Å². The minimum Gasteiger partial charge on any atom is -0.503 e. The molecular formula is C29H34N2O6. The van der Waals surface area contributed by atoms with Crippen LogP contribution in [0.2, 0.25) is 0 Å². The summed E-state index contributed by atoms with van der Waals surface area (Å²) < 4.78 is 17.0. The molecule has 3 aromatic rings. The van der Waals surface area contributed by atoms with Crippen LogP contribution in [0.1, 0.15) is 49.4 Å². The molecule has 37 heavy (non-hydrogen) atoms. The van der Waals surface area contributed by atoms with E-state index in [1.54, 1.807) is 35.2 Å². The molecule has 1 aliphatic heterocycles. The summed E-state index contributed by atoms with van der Waals surface area (Å²) in [5, 5.41) is 11.8. The lowest BCUT2D eigenvalue weighted by Gasteiger charge is -2.28. The van der Waals surface area contributed by atoms with Gasteiger partial charge >= 0.3 is 0 Å². The van der Waals surface area contributed by atoms with Gasteiger partial charge in [0.15, 0.2) is 23.0 Å². The number of rotatable bonds is 12. The van der Waals surface area contributed by atoms with Crippen LogP contribution in [0.15, 0.2) is 64.3 Å². The Morgan fingerprint density at radius 1 is 1.08 bits per heavy atom. The van der Waals surface area contributed by atoms with Crippen molar-refractivity contribution in [1.29, 1.82) is 0 Å². The van der Waals surface area contributed by atoms with Crippen molar-refractivity contribution in [1.82, 2.24) is 9.80 Å². The van der Waals surface area contributed by atoms with Gasteiger partial charge < -0.3 is 28.8 Å². The number of amides is 1. The highest BCUT2D eigenvalue weighted by atomic mass is 16.5.